The van der Waals surface area contributed by atoms with Crippen LogP contribution in [0.25, 0.3) is 11.3 Å². The second-order valence-corrected chi connectivity index (χ2v) is 9.40. The summed E-state index contributed by atoms with van der Waals surface area (Å²) >= 11 is 6.25. The minimum Gasteiger partial charge on any atom is -0.302 e. The molecule has 1 aromatic carbocycles. The molecule has 0 aliphatic carbocycles. The molecule has 148 valence electrons. The lowest BCUT2D eigenvalue weighted by Gasteiger charge is -2.08. The minimum absolute atomic E-state index is 0.104. The van der Waals surface area contributed by atoms with E-state index in [2.05, 4.69) is 51.1 Å². The number of amides is 1. The lowest BCUT2D eigenvalue weighted by molar-refractivity contribution is -0.115. The van der Waals surface area contributed by atoms with Crippen molar-refractivity contribution in [1.82, 2.24) is 9.97 Å². The molecular weight excluding hydrogens is 468 g/mol. The van der Waals surface area contributed by atoms with Crippen LogP contribution in [0, 0.1) is 11.3 Å². The number of rotatable bonds is 7. The number of anilines is 1. The van der Waals surface area contributed by atoms with Gasteiger partial charge in [0.15, 0.2) is 5.13 Å². The van der Waals surface area contributed by atoms with Gasteiger partial charge in [0.25, 0.3) is 0 Å². The molecule has 1 amide bonds. The number of carbonyl (C=O) groups is 1. The molecule has 0 saturated heterocycles. The van der Waals surface area contributed by atoms with Gasteiger partial charge in [-0.15, -0.1) is 23.1 Å². The van der Waals surface area contributed by atoms with Crippen LogP contribution >= 0.6 is 39.0 Å². The summed E-state index contributed by atoms with van der Waals surface area (Å²) in [6.45, 7) is 4.12. The molecule has 8 heteroatoms. The minimum atomic E-state index is -0.104. The van der Waals surface area contributed by atoms with Gasteiger partial charge >= 0.3 is 0 Å². The zero-order chi connectivity index (χ0) is 20.8. The van der Waals surface area contributed by atoms with Crippen LogP contribution in [0.2, 0.25) is 0 Å². The first-order chi connectivity index (χ1) is 14.0. The number of nitrogens with one attached hydrogen (secondary N) is 1. The number of thioether (sulfide) groups is 1. The Morgan fingerprint density at radius 1 is 1.24 bits per heavy atom. The van der Waals surface area contributed by atoms with Crippen molar-refractivity contribution in [2.75, 3.05) is 11.1 Å². The van der Waals surface area contributed by atoms with Crippen LogP contribution in [0.4, 0.5) is 5.13 Å². The Hall–Kier alpha value is -2.21. The predicted molar refractivity (Wildman–Crippen MR) is 122 cm³/mol. The summed E-state index contributed by atoms with van der Waals surface area (Å²) in [6.07, 6.45) is 0.316. The fourth-order valence-electron chi connectivity index (χ4n) is 2.48. The highest BCUT2D eigenvalue weighted by Crippen LogP contribution is 2.27. The van der Waals surface area contributed by atoms with Crippen LogP contribution in [0.1, 0.15) is 37.4 Å². The first-order valence-electron chi connectivity index (χ1n) is 9.01. The van der Waals surface area contributed by atoms with Crippen LogP contribution in [0.3, 0.4) is 0 Å². The van der Waals surface area contributed by atoms with E-state index >= 15 is 0 Å². The summed E-state index contributed by atoms with van der Waals surface area (Å²) in [5.41, 5.74) is 3.32. The Morgan fingerprint density at radius 2 is 2.00 bits per heavy atom. The van der Waals surface area contributed by atoms with Crippen molar-refractivity contribution >= 4 is 50.1 Å². The molecule has 0 saturated carbocycles. The molecule has 3 rings (SSSR count). The van der Waals surface area contributed by atoms with E-state index in [0.29, 0.717) is 27.9 Å². The summed E-state index contributed by atoms with van der Waals surface area (Å²) in [6, 6.07) is 13.7. The van der Waals surface area contributed by atoms with Gasteiger partial charge in [0.2, 0.25) is 5.91 Å². The molecule has 0 unspecified atom stereocenters. The maximum absolute atomic E-state index is 12.3. The Bertz CT molecular complexity index is 1040. The first kappa shape index (κ1) is 21.5. The van der Waals surface area contributed by atoms with Crippen LogP contribution < -0.4 is 5.32 Å². The molecule has 0 spiro atoms. The van der Waals surface area contributed by atoms with Crippen molar-refractivity contribution in [2.45, 2.75) is 31.2 Å². The number of hydrogen-bond donors (Lipinski definition) is 1. The van der Waals surface area contributed by atoms with Gasteiger partial charge in [0.1, 0.15) is 11.1 Å². The monoisotopic (exact) mass is 486 g/mol. The van der Waals surface area contributed by atoms with Crippen molar-refractivity contribution in [3.8, 4) is 17.3 Å². The predicted octanol–water partition coefficient (Wildman–Crippen LogP) is 6.08. The number of nitriles is 1. The summed E-state index contributed by atoms with van der Waals surface area (Å²) in [5, 5.41) is 15.3. The molecule has 2 heterocycles. The van der Waals surface area contributed by atoms with Crippen molar-refractivity contribution in [3.05, 3.63) is 57.5 Å². The molecule has 0 bridgehead atoms. The molecule has 2 aromatic heterocycles. The lowest BCUT2D eigenvalue weighted by Crippen LogP contribution is -2.12. The molecule has 3 aromatic rings. The van der Waals surface area contributed by atoms with E-state index < -0.39 is 0 Å². The van der Waals surface area contributed by atoms with E-state index in [1.807, 2.05) is 35.7 Å². The molecule has 0 fully saturated rings. The number of halogens is 1. The highest BCUT2D eigenvalue weighted by atomic mass is 79.9. The molecule has 29 heavy (non-hydrogen) atoms. The summed E-state index contributed by atoms with van der Waals surface area (Å²) in [5.74, 6) is 0.725. The van der Waals surface area contributed by atoms with Crippen molar-refractivity contribution in [1.29, 1.82) is 5.26 Å². The van der Waals surface area contributed by atoms with Gasteiger partial charge in [-0.25, -0.2) is 9.97 Å². The van der Waals surface area contributed by atoms with Crippen molar-refractivity contribution < 1.29 is 4.79 Å². The Kier molecular flexibility index (Phi) is 7.42. The van der Waals surface area contributed by atoms with Crippen LogP contribution in [0.5, 0.6) is 0 Å². The third-order valence-electron chi connectivity index (χ3n) is 4.05. The normalized spacial score (nSPS) is 10.7. The number of pyridine rings is 1. The van der Waals surface area contributed by atoms with E-state index in [0.717, 1.165) is 21.4 Å². The third kappa shape index (κ3) is 5.89. The molecule has 0 aliphatic heterocycles. The number of nitrogens with zero attached hydrogens (tertiary/aromatic N) is 3. The van der Waals surface area contributed by atoms with Crippen molar-refractivity contribution in [3.63, 3.8) is 0 Å². The van der Waals surface area contributed by atoms with Crippen molar-refractivity contribution in [2.24, 2.45) is 0 Å². The quantitative estimate of drug-likeness (QED) is 0.409. The zero-order valence-electron chi connectivity index (χ0n) is 16.0. The Morgan fingerprint density at radius 3 is 2.69 bits per heavy atom. The SMILES string of the molecule is CC(C)c1ccc(C#N)c(SCCC(=O)Nc2nc(-c3ccc(Br)cc3)cs2)n1. The van der Waals surface area contributed by atoms with E-state index in [1.54, 1.807) is 6.07 Å². The second-order valence-electron chi connectivity index (χ2n) is 6.55. The summed E-state index contributed by atoms with van der Waals surface area (Å²) in [7, 11) is 0. The lowest BCUT2D eigenvalue weighted by atomic mass is 10.1. The maximum Gasteiger partial charge on any atom is 0.226 e. The zero-order valence-corrected chi connectivity index (χ0v) is 19.2. The maximum atomic E-state index is 12.3. The van der Waals surface area contributed by atoms with Gasteiger partial charge in [-0.2, -0.15) is 5.26 Å². The molecule has 1 N–H and O–H groups in total. The van der Waals surface area contributed by atoms with E-state index in [-0.39, 0.29) is 11.8 Å². The van der Waals surface area contributed by atoms with Crippen LogP contribution in [-0.4, -0.2) is 21.6 Å². The number of benzene rings is 1. The Labute approximate surface area is 186 Å². The van der Waals surface area contributed by atoms with Crippen LogP contribution in [0.15, 0.2) is 51.3 Å². The number of aromatic nitrogens is 2. The molecule has 5 nitrogen and oxygen atoms in total. The number of carbonyl (C=O) groups excluding carboxylic acids is 1. The highest BCUT2D eigenvalue weighted by molar-refractivity contribution is 9.10. The summed E-state index contributed by atoms with van der Waals surface area (Å²) in [4.78, 5) is 21.3. The van der Waals surface area contributed by atoms with Crippen LogP contribution in [-0.2, 0) is 4.79 Å². The highest BCUT2D eigenvalue weighted by Gasteiger charge is 2.11. The summed E-state index contributed by atoms with van der Waals surface area (Å²) < 4.78 is 1.01. The average molecular weight is 487 g/mol. The van der Waals surface area contributed by atoms with Gasteiger partial charge in [0, 0.05) is 33.3 Å². The fraction of sp³-hybridized carbons (Fsp3) is 0.238. The first-order valence-corrected chi connectivity index (χ1v) is 11.7. The standard InChI is InChI=1S/C21H19BrN4OS2/c1-13(2)17-8-5-15(11-23)20(24-17)28-10-9-19(27)26-21-25-18(12-29-21)14-3-6-16(22)7-4-14/h3-8,12-13H,9-10H2,1-2H3,(H,25,26,27). The van der Waals surface area contributed by atoms with Gasteiger partial charge < -0.3 is 5.32 Å². The topological polar surface area (TPSA) is 78.7 Å². The van der Waals surface area contributed by atoms with E-state index in [9.17, 15) is 10.1 Å². The smallest absolute Gasteiger partial charge is 0.226 e. The van der Waals surface area contributed by atoms with Gasteiger partial charge in [-0.05, 0) is 30.2 Å². The van der Waals surface area contributed by atoms with Gasteiger partial charge in [-0.3, -0.25) is 4.79 Å². The van der Waals surface area contributed by atoms with Gasteiger partial charge in [-0.1, -0.05) is 41.9 Å². The number of hydrogen-bond acceptors (Lipinski definition) is 6. The second kappa shape index (κ2) is 10.0. The largest absolute Gasteiger partial charge is 0.302 e. The number of thiazole rings is 1. The van der Waals surface area contributed by atoms with E-state index in [4.69, 9.17) is 0 Å². The molecule has 0 aliphatic rings. The average Bonchev–Trinajstić information content (AvgIpc) is 3.16. The third-order valence-corrected chi connectivity index (χ3v) is 6.33. The molecule has 0 atom stereocenters. The van der Waals surface area contributed by atoms with Gasteiger partial charge in [0.05, 0.1) is 11.3 Å². The molecule has 0 radical (unpaired) electrons. The fourth-order valence-corrected chi connectivity index (χ4v) is 4.40. The Balaban J connectivity index is 1.55. The molecular formula is C21H19BrN4OS2. The van der Waals surface area contributed by atoms with E-state index in [1.165, 1.54) is 23.1 Å².